The Labute approximate surface area is 247 Å². The molecule has 0 unspecified atom stereocenters. The molecule has 0 aliphatic rings. The monoisotopic (exact) mass is 528 g/mol. The van der Waals surface area contributed by atoms with Gasteiger partial charge < -0.3 is 9.13 Å². The number of para-hydroxylation sites is 2. The zero-order valence-electron chi connectivity index (χ0n) is 31.7. The third-order valence-electron chi connectivity index (χ3n) is 7.84. The molecule has 0 bridgehead atoms. The fourth-order valence-electron chi connectivity index (χ4n) is 5.58. The summed E-state index contributed by atoms with van der Waals surface area (Å²) in [4.78, 5) is 0. The van der Waals surface area contributed by atoms with Gasteiger partial charge in [-0.25, -0.2) is 0 Å². The van der Waals surface area contributed by atoms with Crippen LogP contribution in [0.5, 0.6) is 0 Å². The number of rotatable bonds is 2. The van der Waals surface area contributed by atoms with Crippen LogP contribution in [-0.2, 0) is 10.8 Å². The predicted molar refractivity (Wildman–Crippen MR) is 173 cm³/mol. The summed E-state index contributed by atoms with van der Waals surface area (Å²) in [5.74, 6) is 0. The molecular formula is C38H36N2. The van der Waals surface area contributed by atoms with Crippen molar-refractivity contribution < 1.29 is 11.0 Å². The lowest BCUT2D eigenvalue weighted by molar-refractivity contribution is 0.591. The van der Waals surface area contributed by atoms with Crippen molar-refractivity contribution >= 4 is 43.6 Å². The molecular weight excluding hydrogens is 484 g/mol. The van der Waals surface area contributed by atoms with Gasteiger partial charge in [-0.3, -0.25) is 0 Å². The average Bonchev–Trinajstić information content (AvgIpc) is 3.52. The van der Waals surface area contributed by atoms with E-state index in [9.17, 15) is 2.74 Å². The zero-order valence-corrected chi connectivity index (χ0v) is 23.7. The molecule has 0 N–H and O–H groups in total. The number of hydrogen-bond acceptors (Lipinski definition) is 0. The molecule has 0 saturated carbocycles. The van der Waals surface area contributed by atoms with E-state index in [1.54, 1.807) is 12.1 Å². The Balaban J connectivity index is 1.61. The standard InChI is InChI=1S/C38H36N2/c1-37(2,3)25-18-20-35-31(22-25)29-14-7-9-16-33(29)39(35)27-12-11-13-28(24-27)40-34-17-10-8-15-30(34)32-23-26(38(4,5)6)19-21-36(32)40/h7-24H,1-6H3/i7D,8D,9D,10D,16D,17D,20D,21D. The molecule has 40 heavy (non-hydrogen) atoms. The minimum atomic E-state index is -0.248. The topological polar surface area (TPSA) is 9.86 Å². The van der Waals surface area contributed by atoms with Crippen LogP contribution in [0.2, 0.25) is 0 Å². The van der Waals surface area contributed by atoms with Gasteiger partial charge in [0.25, 0.3) is 0 Å². The van der Waals surface area contributed by atoms with Gasteiger partial charge in [-0.1, -0.05) is 96.0 Å². The van der Waals surface area contributed by atoms with Crippen molar-refractivity contribution in [3.05, 3.63) is 120 Å². The third kappa shape index (κ3) is 3.78. The Morgan fingerprint density at radius 3 is 1.32 bits per heavy atom. The summed E-state index contributed by atoms with van der Waals surface area (Å²) in [7, 11) is 0. The fraction of sp³-hybridized carbons (Fsp3) is 0.211. The molecule has 0 fully saturated rings. The molecule has 7 rings (SSSR count). The first kappa shape index (κ1) is 17.4. The van der Waals surface area contributed by atoms with Crippen molar-refractivity contribution in [2.45, 2.75) is 52.4 Å². The van der Waals surface area contributed by atoms with Crippen LogP contribution in [0.3, 0.4) is 0 Å². The Bertz CT molecular complexity index is 2340. The molecule has 0 amide bonds. The van der Waals surface area contributed by atoms with E-state index >= 15 is 0 Å². The van der Waals surface area contributed by atoms with Crippen LogP contribution in [0.25, 0.3) is 55.0 Å². The van der Waals surface area contributed by atoms with Gasteiger partial charge in [-0.05, 0) is 76.5 Å². The van der Waals surface area contributed by atoms with E-state index in [1.807, 2.05) is 57.7 Å². The SMILES string of the molecule is [2H]c1cc2c3cc(C(C)(C)C)cc([2H])c3n(-c3cccc(-n4c5c([2H])cc(C(C)(C)C)cc5c5cc([2H])c([2H])c([2H])c54)c3)c2c([2H])c1[2H]. The van der Waals surface area contributed by atoms with E-state index in [-0.39, 0.29) is 59.2 Å². The van der Waals surface area contributed by atoms with Crippen molar-refractivity contribution in [2.24, 2.45) is 0 Å². The Morgan fingerprint density at radius 2 is 0.900 bits per heavy atom. The van der Waals surface area contributed by atoms with Gasteiger partial charge in [0.05, 0.1) is 33.0 Å². The highest BCUT2D eigenvalue weighted by molar-refractivity contribution is 6.11. The Kier molecular flexibility index (Phi) is 3.74. The van der Waals surface area contributed by atoms with Gasteiger partial charge in [0.2, 0.25) is 0 Å². The van der Waals surface area contributed by atoms with E-state index in [0.29, 0.717) is 44.2 Å². The lowest BCUT2D eigenvalue weighted by Crippen LogP contribution is -2.10. The fourth-order valence-corrected chi connectivity index (χ4v) is 5.58. The van der Waals surface area contributed by atoms with Crippen molar-refractivity contribution in [3.8, 4) is 11.4 Å². The Hall–Kier alpha value is -4.30. The molecule has 0 saturated heterocycles. The smallest absolute Gasteiger partial charge is 0.0645 e. The molecule has 198 valence electrons. The first-order valence-electron chi connectivity index (χ1n) is 17.6. The minimum Gasteiger partial charge on any atom is -0.309 e. The van der Waals surface area contributed by atoms with Gasteiger partial charge >= 0.3 is 0 Å². The van der Waals surface area contributed by atoms with Crippen molar-refractivity contribution in [3.63, 3.8) is 0 Å². The summed E-state index contributed by atoms with van der Waals surface area (Å²) in [6, 6.07) is 18.2. The minimum absolute atomic E-state index is 0.0567. The number of hydrogen-bond donors (Lipinski definition) is 0. The normalized spacial score (nSPS) is 15.6. The largest absolute Gasteiger partial charge is 0.309 e. The Morgan fingerprint density at radius 1 is 0.475 bits per heavy atom. The number of nitrogens with zero attached hydrogens (tertiary/aromatic N) is 2. The van der Waals surface area contributed by atoms with Gasteiger partial charge in [0, 0.05) is 32.9 Å². The van der Waals surface area contributed by atoms with Gasteiger partial charge in [0.15, 0.2) is 0 Å². The van der Waals surface area contributed by atoms with Crippen LogP contribution >= 0.6 is 0 Å². The van der Waals surface area contributed by atoms with E-state index < -0.39 is 0 Å². The van der Waals surface area contributed by atoms with Crippen molar-refractivity contribution in [2.75, 3.05) is 0 Å². The maximum atomic E-state index is 9.19. The van der Waals surface area contributed by atoms with E-state index in [1.165, 1.54) is 0 Å². The summed E-state index contributed by atoms with van der Waals surface area (Å²) >= 11 is 0. The molecule has 5 aromatic carbocycles. The van der Waals surface area contributed by atoms with E-state index in [0.717, 1.165) is 21.9 Å². The third-order valence-corrected chi connectivity index (χ3v) is 7.84. The predicted octanol–water partition coefficient (Wildman–Crippen LogP) is 10.5. The van der Waals surface area contributed by atoms with Crippen molar-refractivity contribution in [1.29, 1.82) is 0 Å². The molecule has 0 spiro atoms. The highest BCUT2D eigenvalue weighted by atomic mass is 15.0. The highest BCUT2D eigenvalue weighted by Crippen LogP contribution is 2.38. The number of fused-ring (bicyclic) bond motifs is 6. The molecule has 0 atom stereocenters. The van der Waals surface area contributed by atoms with Crippen LogP contribution in [0, 0.1) is 0 Å². The molecule has 2 nitrogen and oxygen atoms in total. The summed E-state index contributed by atoms with van der Waals surface area (Å²) in [5, 5.41) is 2.70. The number of benzene rings is 5. The second kappa shape index (κ2) is 8.60. The lowest BCUT2D eigenvalue weighted by Gasteiger charge is -2.19. The van der Waals surface area contributed by atoms with Gasteiger partial charge in [-0.15, -0.1) is 0 Å². The van der Waals surface area contributed by atoms with Crippen LogP contribution < -0.4 is 0 Å². The van der Waals surface area contributed by atoms with Crippen LogP contribution in [0.1, 0.15) is 63.6 Å². The van der Waals surface area contributed by atoms with Crippen LogP contribution in [0.15, 0.2) is 109 Å². The molecule has 2 heterocycles. The second-order valence-corrected chi connectivity index (χ2v) is 12.6. The summed E-state index contributed by atoms with van der Waals surface area (Å²) in [5.41, 5.74) is 4.59. The van der Waals surface area contributed by atoms with E-state index in [2.05, 4.69) is 41.5 Å². The zero-order chi connectivity index (χ0) is 34.8. The maximum Gasteiger partial charge on any atom is 0.0645 e. The summed E-state index contributed by atoms with van der Waals surface area (Å²) < 4.78 is 73.9. The maximum absolute atomic E-state index is 9.19. The number of aromatic nitrogens is 2. The van der Waals surface area contributed by atoms with E-state index in [4.69, 9.17) is 8.22 Å². The first-order chi connectivity index (χ1) is 22.4. The quantitative estimate of drug-likeness (QED) is 0.211. The lowest BCUT2D eigenvalue weighted by atomic mass is 9.86. The molecule has 7 aromatic rings. The van der Waals surface area contributed by atoms with Crippen molar-refractivity contribution in [1.82, 2.24) is 9.13 Å². The molecule has 0 radical (unpaired) electrons. The molecule has 0 aliphatic carbocycles. The van der Waals surface area contributed by atoms with Gasteiger partial charge in [0.1, 0.15) is 0 Å². The average molecular weight is 529 g/mol. The summed E-state index contributed by atoms with van der Waals surface area (Å²) in [6.07, 6.45) is 0. The highest BCUT2D eigenvalue weighted by Gasteiger charge is 2.20. The summed E-state index contributed by atoms with van der Waals surface area (Å²) in [6.45, 7) is 12.5. The molecule has 0 aliphatic heterocycles. The van der Waals surface area contributed by atoms with Crippen LogP contribution in [-0.4, -0.2) is 9.13 Å². The first-order valence-corrected chi connectivity index (χ1v) is 13.6. The molecule has 2 aromatic heterocycles. The molecule has 2 heteroatoms. The van der Waals surface area contributed by atoms with Gasteiger partial charge in [-0.2, -0.15) is 0 Å². The van der Waals surface area contributed by atoms with Crippen LogP contribution in [0.4, 0.5) is 0 Å². The second-order valence-electron chi connectivity index (χ2n) is 12.6.